The summed E-state index contributed by atoms with van der Waals surface area (Å²) in [5.41, 5.74) is 2.59. The highest BCUT2D eigenvalue weighted by Crippen LogP contribution is 2.30. The van der Waals surface area contributed by atoms with Crippen molar-refractivity contribution in [1.82, 2.24) is 24.9 Å². The molecule has 0 aliphatic carbocycles. The summed E-state index contributed by atoms with van der Waals surface area (Å²) in [5.74, 6) is 0.969. The Morgan fingerprint density at radius 1 is 1.23 bits per heavy atom. The average Bonchev–Trinajstić information content (AvgIpc) is 3.40. The Bertz CT molecular complexity index is 1190. The fourth-order valence-electron chi connectivity index (χ4n) is 2.86. The molecule has 0 unspecified atom stereocenters. The van der Waals surface area contributed by atoms with Crippen molar-refractivity contribution in [1.29, 1.82) is 0 Å². The van der Waals surface area contributed by atoms with E-state index in [0.29, 0.717) is 34.3 Å². The van der Waals surface area contributed by atoms with Gasteiger partial charge in [0.1, 0.15) is 0 Å². The molecular weight excluding hydrogens is 418 g/mol. The Morgan fingerprint density at radius 2 is 2.10 bits per heavy atom. The van der Waals surface area contributed by atoms with Gasteiger partial charge in [-0.25, -0.2) is 4.79 Å². The van der Waals surface area contributed by atoms with Crippen molar-refractivity contribution in [3.05, 3.63) is 71.5 Å². The lowest BCUT2D eigenvalue weighted by Crippen LogP contribution is -2.19. The first-order chi connectivity index (χ1) is 15.0. The highest BCUT2D eigenvalue weighted by molar-refractivity contribution is 6.31. The minimum Gasteiger partial charge on any atom is -0.334 e. The number of pyridine rings is 1. The molecule has 3 aromatic heterocycles. The van der Waals surface area contributed by atoms with E-state index < -0.39 is 6.03 Å². The lowest BCUT2D eigenvalue weighted by atomic mass is 10.1. The van der Waals surface area contributed by atoms with E-state index in [1.54, 1.807) is 47.7 Å². The van der Waals surface area contributed by atoms with Crippen molar-refractivity contribution in [2.75, 3.05) is 10.6 Å². The molecule has 0 aliphatic heterocycles. The summed E-state index contributed by atoms with van der Waals surface area (Å²) >= 11 is 6.14. The molecule has 2 amide bonds. The first-order valence-electron chi connectivity index (χ1n) is 9.61. The second-order valence-corrected chi connectivity index (χ2v) is 7.61. The van der Waals surface area contributed by atoms with E-state index in [1.807, 2.05) is 26.0 Å². The van der Waals surface area contributed by atoms with Crippen LogP contribution < -0.4 is 10.6 Å². The number of hydrogen-bond donors (Lipinski definition) is 2. The molecule has 31 heavy (non-hydrogen) atoms. The van der Waals surface area contributed by atoms with Crippen LogP contribution in [0.25, 0.3) is 11.5 Å². The molecule has 4 rings (SSSR count). The van der Waals surface area contributed by atoms with Gasteiger partial charge in [-0.2, -0.15) is 10.1 Å². The Kier molecular flexibility index (Phi) is 5.94. The summed E-state index contributed by atoms with van der Waals surface area (Å²) < 4.78 is 7.07. The average molecular weight is 438 g/mol. The summed E-state index contributed by atoms with van der Waals surface area (Å²) in [4.78, 5) is 21.0. The van der Waals surface area contributed by atoms with Gasteiger partial charge in [0.25, 0.3) is 5.89 Å². The van der Waals surface area contributed by atoms with E-state index in [2.05, 4.69) is 30.9 Å². The predicted molar refractivity (Wildman–Crippen MR) is 117 cm³/mol. The van der Waals surface area contributed by atoms with E-state index >= 15 is 0 Å². The Labute approximate surface area is 183 Å². The fourth-order valence-corrected chi connectivity index (χ4v) is 3.03. The van der Waals surface area contributed by atoms with Crippen LogP contribution in [-0.2, 0) is 6.54 Å². The van der Waals surface area contributed by atoms with Crippen molar-refractivity contribution >= 4 is 29.0 Å². The summed E-state index contributed by atoms with van der Waals surface area (Å²) in [6.45, 7) is 4.48. The molecule has 1 aromatic carbocycles. The number of hydrogen-bond acceptors (Lipinski definition) is 6. The first-order valence-corrected chi connectivity index (χ1v) is 9.98. The molecule has 0 saturated heterocycles. The molecule has 0 aliphatic rings. The Morgan fingerprint density at radius 3 is 2.84 bits per heavy atom. The van der Waals surface area contributed by atoms with E-state index in [0.717, 1.165) is 5.56 Å². The van der Waals surface area contributed by atoms with Crippen LogP contribution in [0.15, 0.2) is 59.6 Å². The predicted octanol–water partition coefficient (Wildman–Crippen LogP) is 4.80. The summed E-state index contributed by atoms with van der Waals surface area (Å²) in [6, 6.07) is 8.41. The molecule has 4 aromatic rings. The second-order valence-electron chi connectivity index (χ2n) is 7.17. The van der Waals surface area contributed by atoms with E-state index in [1.165, 1.54) is 0 Å². The zero-order chi connectivity index (χ0) is 21.8. The van der Waals surface area contributed by atoms with E-state index in [-0.39, 0.29) is 11.8 Å². The normalized spacial score (nSPS) is 11.0. The number of halogens is 1. The van der Waals surface area contributed by atoms with Crippen LogP contribution in [0.2, 0.25) is 5.02 Å². The Hall–Kier alpha value is -3.72. The SMILES string of the molecule is CC(C)c1noc(-c2cc(Cl)ccc2NC(=O)Nc2cnn(Cc3cccnc3)c2)n1. The molecule has 2 N–H and O–H groups in total. The molecule has 0 atom stereocenters. The van der Waals surface area contributed by atoms with Gasteiger partial charge in [-0.15, -0.1) is 0 Å². The maximum atomic E-state index is 12.6. The van der Waals surface area contributed by atoms with Gasteiger partial charge in [-0.3, -0.25) is 9.67 Å². The van der Waals surface area contributed by atoms with Gasteiger partial charge < -0.3 is 15.2 Å². The molecule has 10 heteroatoms. The van der Waals surface area contributed by atoms with Gasteiger partial charge in [0.05, 0.1) is 29.7 Å². The van der Waals surface area contributed by atoms with Crippen LogP contribution in [0.1, 0.15) is 31.2 Å². The van der Waals surface area contributed by atoms with E-state index in [4.69, 9.17) is 16.1 Å². The van der Waals surface area contributed by atoms with Crippen LogP contribution >= 0.6 is 11.6 Å². The topological polar surface area (TPSA) is 111 Å². The van der Waals surface area contributed by atoms with E-state index in [9.17, 15) is 4.79 Å². The summed E-state index contributed by atoms with van der Waals surface area (Å²) in [5, 5.41) is 14.3. The standard InChI is InChI=1S/C21H20ClN7O2/c1-13(2)19-27-20(31-28-19)17-8-15(22)5-6-18(17)26-21(30)25-16-10-24-29(12-16)11-14-4-3-7-23-9-14/h3-10,12-13H,11H2,1-2H3,(H2,25,26,30). The molecule has 0 spiro atoms. The lowest BCUT2D eigenvalue weighted by molar-refractivity contribution is 0.262. The quantitative estimate of drug-likeness (QED) is 0.448. The fraction of sp³-hybridized carbons (Fsp3) is 0.190. The van der Waals surface area contributed by atoms with Crippen molar-refractivity contribution in [2.24, 2.45) is 0 Å². The van der Waals surface area contributed by atoms with Gasteiger partial charge in [0, 0.05) is 29.5 Å². The maximum absolute atomic E-state index is 12.6. The van der Waals surface area contributed by atoms with Crippen LogP contribution in [0.5, 0.6) is 0 Å². The third-order valence-corrected chi connectivity index (χ3v) is 4.61. The number of carbonyl (C=O) groups is 1. The molecule has 158 valence electrons. The monoisotopic (exact) mass is 437 g/mol. The molecule has 0 bridgehead atoms. The van der Waals surface area contributed by atoms with Crippen LogP contribution in [0.3, 0.4) is 0 Å². The number of rotatable bonds is 6. The minimum atomic E-state index is -0.437. The first kappa shape index (κ1) is 20.5. The number of benzene rings is 1. The second kappa shape index (κ2) is 8.97. The molecular formula is C21H20ClN7O2. The maximum Gasteiger partial charge on any atom is 0.323 e. The largest absolute Gasteiger partial charge is 0.334 e. The number of nitrogens with one attached hydrogen (secondary N) is 2. The number of urea groups is 1. The van der Waals surface area contributed by atoms with Gasteiger partial charge in [-0.1, -0.05) is 36.7 Å². The third-order valence-electron chi connectivity index (χ3n) is 4.38. The molecule has 0 fully saturated rings. The Balaban J connectivity index is 1.46. The zero-order valence-corrected chi connectivity index (χ0v) is 17.7. The number of anilines is 2. The molecule has 3 heterocycles. The lowest BCUT2D eigenvalue weighted by Gasteiger charge is -2.09. The number of aromatic nitrogens is 5. The zero-order valence-electron chi connectivity index (χ0n) is 16.9. The molecule has 0 radical (unpaired) electrons. The number of amides is 2. The van der Waals surface area contributed by atoms with Gasteiger partial charge >= 0.3 is 6.03 Å². The van der Waals surface area contributed by atoms with Gasteiger partial charge in [0.15, 0.2) is 5.82 Å². The van der Waals surface area contributed by atoms with Crippen LogP contribution in [-0.4, -0.2) is 30.9 Å². The molecule has 0 saturated carbocycles. The van der Waals surface area contributed by atoms with Crippen LogP contribution in [0, 0.1) is 0 Å². The minimum absolute atomic E-state index is 0.111. The highest BCUT2D eigenvalue weighted by atomic mass is 35.5. The summed E-state index contributed by atoms with van der Waals surface area (Å²) in [6.07, 6.45) is 6.80. The summed E-state index contributed by atoms with van der Waals surface area (Å²) in [7, 11) is 0. The van der Waals surface area contributed by atoms with Gasteiger partial charge in [-0.05, 0) is 29.8 Å². The van der Waals surface area contributed by atoms with Gasteiger partial charge in [0.2, 0.25) is 0 Å². The number of nitrogens with zero attached hydrogens (tertiary/aromatic N) is 5. The van der Waals surface area contributed by atoms with Crippen LogP contribution in [0.4, 0.5) is 16.2 Å². The van der Waals surface area contributed by atoms with Crippen molar-refractivity contribution in [3.8, 4) is 11.5 Å². The smallest absolute Gasteiger partial charge is 0.323 e. The van der Waals surface area contributed by atoms with Crippen molar-refractivity contribution in [3.63, 3.8) is 0 Å². The van der Waals surface area contributed by atoms with Crippen molar-refractivity contribution in [2.45, 2.75) is 26.3 Å². The van der Waals surface area contributed by atoms with Crippen molar-refractivity contribution < 1.29 is 9.32 Å². The number of carbonyl (C=O) groups excluding carboxylic acids is 1. The third kappa shape index (κ3) is 5.07. The molecule has 9 nitrogen and oxygen atoms in total. The highest BCUT2D eigenvalue weighted by Gasteiger charge is 2.17.